The first kappa shape index (κ1) is 10.1. The molecule has 0 spiro atoms. The van der Waals surface area contributed by atoms with Gasteiger partial charge in [0.25, 0.3) is 0 Å². The number of benzene rings is 1. The highest BCUT2D eigenvalue weighted by Gasteiger charge is 2.10. The van der Waals surface area contributed by atoms with Gasteiger partial charge in [0.05, 0.1) is 31.6 Å². The predicted molar refractivity (Wildman–Crippen MR) is 51.6 cm³/mol. The summed E-state index contributed by atoms with van der Waals surface area (Å²) in [5.74, 6) is 0.343. The van der Waals surface area contributed by atoms with E-state index >= 15 is 0 Å². The number of ether oxygens (including phenoxy) is 1. The first-order valence-corrected chi connectivity index (χ1v) is 4.22. The van der Waals surface area contributed by atoms with Crippen molar-refractivity contribution in [3.8, 4) is 17.9 Å². The first-order chi connectivity index (χ1) is 6.81. The maximum Gasteiger partial charge on any atom is 0.119 e. The Hall–Kier alpha value is -2.00. The average Bonchev–Trinajstić information content (AvgIpc) is 2.26. The molecule has 0 unspecified atom stereocenters. The smallest absolute Gasteiger partial charge is 0.119 e. The molecule has 14 heavy (non-hydrogen) atoms. The lowest BCUT2D eigenvalue weighted by Crippen LogP contribution is -1.94. The van der Waals surface area contributed by atoms with Crippen molar-refractivity contribution in [1.29, 1.82) is 10.5 Å². The van der Waals surface area contributed by atoms with Crippen molar-refractivity contribution in [3.05, 3.63) is 29.8 Å². The molecule has 1 atom stereocenters. The number of rotatable bonds is 3. The maximum absolute atomic E-state index is 8.83. The van der Waals surface area contributed by atoms with Crippen molar-refractivity contribution in [2.45, 2.75) is 12.3 Å². The predicted octanol–water partition coefficient (Wildman–Crippen LogP) is 2.22. The Morgan fingerprint density at radius 2 is 2.21 bits per heavy atom. The van der Waals surface area contributed by atoms with Crippen LogP contribution in [-0.2, 0) is 0 Å². The summed E-state index contributed by atoms with van der Waals surface area (Å²) in [7, 11) is 1.57. The molecule has 0 saturated carbocycles. The molecule has 0 bridgehead atoms. The lowest BCUT2D eigenvalue weighted by Gasteiger charge is -2.06. The molecule has 0 heterocycles. The molecule has 0 aliphatic rings. The normalized spacial score (nSPS) is 11.1. The lowest BCUT2D eigenvalue weighted by atomic mass is 9.98. The molecule has 3 heteroatoms. The molecular formula is C11H10N2O. The highest BCUT2D eigenvalue weighted by molar-refractivity contribution is 5.33. The van der Waals surface area contributed by atoms with E-state index in [0.717, 1.165) is 5.56 Å². The Balaban J connectivity index is 2.95. The fourth-order valence-corrected chi connectivity index (χ4v) is 1.19. The third-order valence-electron chi connectivity index (χ3n) is 1.95. The van der Waals surface area contributed by atoms with Gasteiger partial charge >= 0.3 is 0 Å². The van der Waals surface area contributed by atoms with E-state index < -0.39 is 0 Å². The molecule has 3 nitrogen and oxygen atoms in total. The van der Waals surface area contributed by atoms with Gasteiger partial charge in [-0.15, -0.1) is 0 Å². The Kier molecular flexibility index (Phi) is 3.52. The van der Waals surface area contributed by atoms with Crippen LogP contribution in [0.2, 0.25) is 0 Å². The van der Waals surface area contributed by atoms with Crippen LogP contribution >= 0.6 is 0 Å². The molecule has 0 N–H and O–H groups in total. The SMILES string of the molecule is COc1cccc([C@@H](C#N)CC#N)c1. The number of hydrogen-bond acceptors (Lipinski definition) is 3. The zero-order valence-corrected chi connectivity index (χ0v) is 7.90. The van der Waals surface area contributed by atoms with Crippen molar-refractivity contribution >= 4 is 0 Å². The Labute approximate surface area is 83.2 Å². The number of hydrogen-bond donors (Lipinski definition) is 0. The van der Waals surface area contributed by atoms with Gasteiger partial charge in [0.15, 0.2) is 0 Å². The molecule has 0 saturated heterocycles. The molecule has 0 amide bonds. The van der Waals surface area contributed by atoms with Crippen LogP contribution in [0.15, 0.2) is 24.3 Å². The van der Waals surface area contributed by atoms with Crippen LogP contribution in [0.4, 0.5) is 0 Å². The third kappa shape index (κ3) is 2.24. The van der Waals surface area contributed by atoms with E-state index in [1.165, 1.54) is 0 Å². The van der Waals surface area contributed by atoms with E-state index in [2.05, 4.69) is 6.07 Å². The minimum Gasteiger partial charge on any atom is -0.497 e. The molecule has 1 aromatic carbocycles. The topological polar surface area (TPSA) is 56.8 Å². The largest absolute Gasteiger partial charge is 0.497 e. The highest BCUT2D eigenvalue weighted by atomic mass is 16.5. The maximum atomic E-state index is 8.83. The molecule has 0 aliphatic carbocycles. The van der Waals surface area contributed by atoms with E-state index in [-0.39, 0.29) is 12.3 Å². The molecule has 0 aliphatic heterocycles. The second kappa shape index (κ2) is 4.89. The van der Waals surface area contributed by atoms with Crippen LogP contribution in [0.5, 0.6) is 5.75 Å². The standard InChI is InChI=1S/C11H10N2O/c1-14-11-4-2-3-9(7-11)10(8-13)5-6-12/h2-4,7,10H,5H2,1H3/t10-/m1/s1. The van der Waals surface area contributed by atoms with Gasteiger partial charge in [0.2, 0.25) is 0 Å². The zero-order chi connectivity index (χ0) is 10.4. The zero-order valence-electron chi connectivity index (χ0n) is 7.90. The van der Waals surface area contributed by atoms with Crippen LogP contribution < -0.4 is 4.74 Å². The van der Waals surface area contributed by atoms with Crippen molar-refractivity contribution in [2.24, 2.45) is 0 Å². The Morgan fingerprint density at radius 3 is 2.79 bits per heavy atom. The summed E-state index contributed by atoms with van der Waals surface area (Å²) < 4.78 is 5.04. The van der Waals surface area contributed by atoms with E-state index in [0.29, 0.717) is 5.75 Å². The summed E-state index contributed by atoms with van der Waals surface area (Å²) in [5.41, 5.74) is 0.827. The van der Waals surface area contributed by atoms with Gasteiger partial charge in [-0.1, -0.05) is 12.1 Å². The van der Waals surface area contributed by atoms with Crippen molar-refractivity contribution in [1.82, 2.24) is 0 Å². The fourth-order valence-electron chi connectivity index (χ4n) is 1.19. The third-order valence-corrected chi connectivity index (χ3v) is 1.95. The molecule has 0 aromatic heterocycles. The van der Waals surface area contributed by atoms with Crippen molar-refractivity contribution < 1.29 is 4.74 Å². The van der Waals surface area contributed by atoms with Gasteiger partial charge in [-0.25, -0.2) is 0 Å². The first-order valence-electron chi connectivity index (χ1n) is 4.22. The van der Waals surface area contributed by atoms with Gasteiger partial charge in [0.1, 0.15) is 5.75 Å². The van der Waals surface area contributed by atoms with Crippen molar-refractivity contribution in [3.63, 3.8) is 0 Å². The number of methoxy groups -OCH3 is 1. The van der Waals surface area contributed by atoms with Crippen LogP contribution in [0.1, 0.15) is 17.9 Å². The van der Waals surface area contributed by atoms with E-state index in [4.69, 9.17) is 15.3 Å². The Bertz CT molecular complexity index is 387. The van der Waals surface area contributed by atoms with Gasteiger partial charge in [-0.05, 0) is 17.7 Å². The highest BCUT2D eigenvalue weighted by Crippen LogP contribution is 2.22. The summed E-state index contributed by atoms with van der Waals surface area (Å²) in [6.45, 7) is 0. The van der Waals surface area contributed by atoms with E-state index in [1.54, 1.807) is 13.2 Å². The molecule has 70 valence electrons. The summed E-state index contributed by atoms with van der Waals surface area (Å²) in [4.78, 5) is 0. The quantitative estimate of drug-likeness (QED) is 0.727. The summed E-state index contributed by atoms with van der Waals surface area (Å²) in [6.07, 6.45) is 0.212. The van der Waals surface area contributed by atoms with Crippen LogP contribution in [0.3, 0.4) is 0 Å². The van der Waals surface area contributed by atoms with Gasteiger partial charge in [0, 0.05) is 0 Å². The van der Waals surface area contributed by atoms with Gasteiger partial charge < -0.3 is 4.74 Å². The molecular weight excluding hydrogens is 176 g/mol. The molecule has 1 rings (SSSR count). The van der Waals surface area contributed by atoms with Crippen LogP contribution in [-0.4, -0.2) is 7.11 Å². The van der Waals surface area contributed by atoms with Crippen LogP contribution in [0, 0.1) is 22.7 Å². The van der Waals surface area contributed by atoms with E-state index in [1.807, 2.05) is 24.3 Å². The summed E-state index contributed by atoms with van der Waals surface area (Å²) in [5, 5.41) is 17.4. The summed E-state index contributed by atoms with van der Waals surface area (Å²) in [6, 6.07) is 11.3. The number of nitrogens with zero attached hydrogens (tertiary/aromatic N) is 2. The lowest BCUT2D eigenvalue weighted by molar-refractivity contribution is 0.414. The molecule has 0 radical (unpaired) electrons. The molecule has 0 fully saturated rings. The minimum absolute atomic E-state index is 0.212. The Morgan fingerprint density at radius 1 is 1.43 bits per heavy atom. The minimum atomic E-state index is -0.366. The number of nitriles is 2. The summed E-state index contributed by atoms with van der Waals surface area (Å²) >= 11 is 0. The van der Waals surface area contributed by atoms with Crippen molar-refractivity contribution in [2.75, 3.05) is 7.11 Å². The van der Waals surface area contributed by atoms with Gasteiger partial charge in [-0.2, -0.15) is 10.5 Å². The molecule has 1 aromatic rings. The monoisotopic (exact) mass is 186 g/mol. The second-order valence-electron chi connectivity index (χ2n) is 2.82. The average molecular weight is 186 g/mol. The van der Waals surface area contributed by atoms with Gasteiger partial charge in [-0.3, -0.25) is 0 Å². The van der Waals surface area contributed by atoms with E-state index in [9.17, 15) is 0 Å². The second-order valence-corrected chi connectivity index (χ2v) is 2.82. The fraction of sp³-hybridized carbons (Fsp3) is 0.273. The van der Waals surface area contributed by atoms with Crippen LogP contribution in [0.25, 0.3) is 0 Å².